The Morgan fingerprint density at radius 1 is 1.22 bits per heavy atom. The average molecular weight is 312 g/mol. The van der Waals surface area contributed by atoms with Gasteiger partial charge in [0.2, 0.25) is 0 Å². The number of aryl methyl sites for hydroxylation is 1. The Kier molecular flexibility index (Phi) is 6.66. The third-order valence-corrected chi connectivity index (χ3v) is 3.76. The number of nitrogens with one attached hydrogen (secondary N) is 1. The standard InChI is InChI=1S/C18H24N4O/c1-3-5-9-16(14-8-6-10-19-11-14)22-18(23)15-12-20-13-21-17(15)7-4-2/h6,8,10-13,16H,3-5,7,9H2,1-2H3,(H,22,23)/t16-/m1/s1. The fourth-order valence-corrected chi connectivity index (χ4v) is 2.53. The molecule has 2 aromatic heterocycles. The summed E-state index contributed by atoms with van der Waals surface area (Å²) in [4.78, 5) is 25.1. The second kappa shape index (κ2) is 8.98. The van der Waals surface area contributed by atoms with Crippen LogP contribution in [-0.2, 0) is 6.42 Å². The topological polar surface area (TPSA) is 67.8 Å². The Morgan fingerprint density at radius 2 is 2.09 bits per heavy atom. The maximum absolute atomic E-state index is 12.7. The molecule has 0 saturated heterocycles. The number of pyridine rings is 1. The molecule has 0 radical (unpaired) electrons. The molecular formula is C18H24N4O. The highest BCUT2D eigenvalue weighted by Gasteiger charge is 2.18. The fourth-order valence-electron chi connectivity index (χ4n) is 2.53. The Labute approximate surface area is 137 Å². The van der Waals surface area contributed by atoms with E-state index in [2.05, 4.69) is 34.1 Å². The van der Waals surface area contributed by atoms with Crippen molar-refractivity contribution in [2.75, 3.05) is 0 Å². The second-order valence-corrected chi connectivity index (χ2v) is 5.59. The Bertz CT molecular complexity index is 615. The van der Waals surface area contributed by atoms with Crippen LogP contribution in [0.3, 0.4) is 0 Å². The van der Waals surface area contributed by atoms with Crippen LogP contribution in [0.2, 0.25) is 0 Å². The van der Waals surface area contributed by atoms with Crippen molar-refractivity contribution >= 4 is 5.91 Å². The first-order chi connectivity index (χ1) is 11.3. The van der Waals surface area contributed by atoms with Gasteiger partial charge in [-0.2, -0.15) is 0 Å². The van der Waals surface area contributed by atoms with Crippen LogP contribution < -0.4 is 5.32 Å². The van der Waals surface area contributed by atoms with Gasteiger partial charge in [-0.25, -0.2) is 9.97 Å². The van der Waals surface area contributed by atoms with E-state index in [0.717, 1.165) is 43.4 Å². The van der Waals surface area contributed by atoms with E-state index in [1.807, 2.05) is 18.3 Å². The molecule has 122 valence electrons. The van der Waals surface area contributed by atoms with E-state index in [4.69, 9.17) is 0 Å². The lowest BCUT2D eigenvalue weighted by molar-refractivity contribution is 0.0932. The Balaban J connectivity index is 2.17. The van der Waals surface area contributed by atoms with Gasteiger partial charge in [-0.05, 0) is 24.5 Å². The van der Waals surface area contributed by atoms with Crippen molar-refractivity contribution < 1.29 is 4.79 Å². The van der Waals surface area contributed by atoms with Crippen molar-refractivity contribution in [1.29, 1.82) is 0 Å². The average Bonchev–Trinajstić information content (AvgIpc) is 2.60. The maximum atomic E-state index is 12.7. The van der Waals surface area contributed by atoms with E-state index in [1.165, 1.54) is 6.33 Å². The summed E-state index contributed by atoms with van der Waals surface area (Å²) in [6.07, 6.45) is 11.4. The van der Waals surface area contributed by atoms with Crippen LogP contribution in [0.1, 0.15) is 67.2 Å². The van der Waals surface area contributed by atoms with Crippen LogP contribution in [-0.4, -0.2) is 20.9 Å². The van der Waals surface area contributed by atoms with Crippen LogP contribution in [0.5, 0.6) is 0 Å². The van der Waals surface area contributed by atoms with E-state index in [9.17, 15) is 4.79 Å². The van der Waals surface area contributed by atoms with Crippen molar-refractivity contribution in [2.45, 2.75) is 52.0 Å². The summed E-state index contributed by atoms with van der Waals surface area (Å²) in [6, 6.07) is 3.86. The zero-order chi connectivity index (χ0) is 16.5. The van der Waals surface area contributed by atoms with Crippen molar-refractivity contribution in [2.24, 2.45) is 0 Å². The van der Waals surface area contributed by atoms with Crippen molar-refractivity contribution in [3.05, 3.63) is 53.9 Å². The van der Waals surface area contributed by atoms with Gasteiger partial charge in [-0.3, -0.25) is 9.78 Å². The molecule has 0 aliphatic rings. The van der Waals surface area contributed by atoms with Gasteiger partial charge in [0.25, 0.3) is 5.91 Å². The number of unbranched alkanes of at least 4 members (excludes halogenated alkanes) is 1. The molecule has 1 atom stereocenters. The molecule has 0 aliphatic carbocycles. The molecule has 0 bridgehead atoms. The van der Waals surface area contributed by atoms with Crippen molar-refractivity contribution in [3.8, 4) is 0 Å². The number of rotatable bonds is 8. The monoisotopic (exact) mass is 312 g/mol. The smallest absolute Gasteiger partial charge is 0.255 e. The number of hydrogen-bond donors (Lipinski definition) is 1. The fraction of sp³-hybridized carbons (Fsp3) is 0.444. The van der Waals surface area contributed by atoms with Gasteiger partial charge >= 0.3 is 0 Å². The first-order valence-electron chi connectivity index (χ1n) is 8.25. The molecule has 0 spiro atoms. The third kappa shape index (κ3) is 4.84. The van der Waals surface area contributed by atoms with E-state index in [-0.39, 0.29) is 11.9 Å². The number of carbonyl (C=O) groups excluding carboxylic acids is 1. The third-order valence-electron chi connectivity index (χ3n) is 3.76. The first-order valence-corrected chi connectivity index (χ1v) is 8.25. The Morgan fingerprint density at radius 3 is 2.78 bits per heavy atom. The van der Waals surface area contributed by atoms with Crippen LogP contribution in [0.15, 0.2) is 37.1 Å². The molecule has 5 nitrogen and oxygen atoms in total. The molecule has 2 heterocycles. The highest BCUT2D eigenvalue weighted by Crippen LogP contribution is 2.19. The second-order valence-electron chi connectivity index (χ2n) is 5.59. The van der Waals surface area contributed by atoms with E-state index in [0.29, 0.717) is 5.56 Å². The summed E-state index contributed by atoms with van der Waals surface area (Å²) in [5.74, 6) is -0.112. The zero-order valence-electron chi connectivity index (χ0n) is 13.8. The molecule has 0 aliphatic heterocycles. The highest BCUT2D eigenvalue weighted by atomic mass is 16.1. The predicted octanol–water partition coefficient (Wildman–Crippen LogP) is 3.49. The summed E-state index contributed by atoms with van der Waals surface area (Å²) >= 11 is 0. The lowest BCUT2D eigenvalue weighted by Gasteiger charge is -2.19. The molecule has 2 aromatic rings. The molecule has 23 heavy (non-hydrogen) atoms. The van der Waals surface area contributed by atoms with E-state index in [1.54, 1.807) is 12.4 Å². The molecule has 1 N–H and O–H groups in total. The molecule has 0 fully saturated rings. The van der Waals surface area contributed by atoms with Crippen LogP contribution in [0.4, 0.5) is 0 Å². The number of hydrogen-bond acceptors (Lipinski definition) is 4. The predicted molar refractivity (Wildman–Crippen MR) is 90.0 cm³/mol. The molecule has 0 saturated carbocycles. The van der Waals surface area contributed by atoms with Gasteiger partial charge in [0.05, 0.1) is 17.3 Å². The van der Waals surface area contributed by atoms with Gasteiger partial charge < -0.3 is 5.32 Å². The molecule has 1 amide bonds. The summed E-state index contributed by atoms with van der Waals surface area (Å²) in [5.41, 5.74) is 2.41. The summed E-state index contributed by atoms with van der Waals surface area (Å²) in [6.45, 7) is 4.22. The largest absolute Gasteiger partial charge is 0.345 e. The highest BCUT2D eigenvalue weighted by molar-refractivity contribution is 5.95. The minimum atomic E-state index is -0.112. The molecule has 0 aromatic carbocycles. The molecule has 5 heteroatoms. The number of amides is 1. The number of aromatic nitrogens is 3. The number of carbonyl (C=O) groups is 1. The SMILES string of the molecule is CCCC[C@@H](NC(=O)c1cncnc1CCC)c1cccnc1. The van der Waals surface area contributed by atoms with Crippen molar-refractivity contribution in [3.63, 3.8) is 0 Å². The van der Waals surface area contributed by atoms with Crippen LogP contribution >= 0.6 is 0 Å². The zero-order valence-corrected chi connectivity index (χ0v) is 13.8. The van der Waals surface area contributed by atoms with E-state index < -0.39 is 0 Å². The number of nitrogens with zero attached hydrogens (tertiary/aromatic N) is 3. The quantitative estimate of drug-likeness (QED) is 0.810. The van der Waals surface area contributed by atoms with E-state index >= 15 is 0 Å². The maximum Gasteiger partial charge on any atom is 0.255 e. The van der Waals surface area contributed by atoms with Crippen molar-refractivity contribution in [1.82, 2.24) is 20.3 Å². The minimum Gasteiger partial charge on any atom is -0.345 e. The molecule has 2 rings (SSSR count). The molecule has 0 unspecified atom stereocenters. The summed E-state index contributed by atoms with van der Waals surface area (Å²) in [7, 11) is 0. The van der Waals surface area contributed by atoms with Gasteiger partial charge in [0.1, 0.15) is 6.33 Å². The van der Waals surface area contributed by atoms with Gasteiger partial charge in [0.15, 0.2) is 0 Å². The lowest BCUT2D eigenvalue weighted by atomic mass is 10.0. The summed E-state index contributed by atoms with van der Waals surface area (Å²) in [5, 5.41) is 3.12. The Hall–Kier alpha value is -2.30. The molecular weight excluding hydrogens is 288 g/mol. The van der Waals surface area contributed by atoms with Gasteiger partial charge in [-0.1, -0.05) is 39.2 Å². The first kappa shape index (κ1) is 17.1. The van der Waals surface area contributed by atoms with Crippen LogP contribution in [0, 0.1) is 0 Å². The summed E-state index contributed by atoms with van der Waals surface area (Å²) < 4.78 is 0. The normalized spacial score (nSPS) is 11.9. The van der Waals surface area contributed by atoms with Crippen LogP contribution in [0.25, 0.3) is 0 Å². The van der Waals surface area contributed by atoms with Gasteiger partial charge in [-0.15, -0.1) is 0 Å². The minimum absolute atomic E-state index is 0.0363. The lowest BCUT2D eigenvalue weighted by Crippen LogP contribution is -2.30. The van der Waals surface area contributed by atoms with Gasteiger partial charge in [0, 0.05) is 18.6 Å².